The fourth-order valence-electron chi connectivity index (χ4n) is 2.84. The van der Waals surface area contributed by atoms with E-state index in [1.165, 1.54) is 19.1 Å². The molecule has 0 aliphatic heterocycles. The van der Waals surface area contributed by atoms with Crippen LogP contribution in [0.25, 0.3) is 0 Å². The third-order valence-electron chi connectivity index (χ3n) is 4.07. The maximum atomic E-state index is 12.2. The van der Waals surface area contributed by atoms with Crippen LogP contribution in [0.4, 0.5) is 0 Å². The van der Waals surface area contributed by atoms with Crippen LogP contribution < -0.4 is 5.32 Å². The quantitative estimate of drug-likeness (QED) is 0.929. The van der Waals surface area contributed by atoms with Gasteiger partial charge < -0.3 is 5.32 Å². The van der Waals surface area contributed by atoms with Gasteiger partial charge in [0.1, 0.15) is 0 Å². The van der Waals surface area contributed by atoms with Crippen molar-refractivity contribution in [3.8, 4) is 0 Å². The summed E-state index contributed by atoms with van der Waals surface area (Å²) in [4.78, 5) is 12.2. The van der Waals surface area contributed by atoms with E-state index in [9.17, 15) is 13.2 Å². The second kappa shape index (κ2) is 6.60. The van der Waals surface area contributed by atoms with Gasteiger partial charge in [0.2, 0.25) is 0 Å². The smallest absolute Gasteiger partial charge is 0.251 e. The number of amides is 1. The molecule has 2 atom stereocenters. The molecule has 0 bridgehead atoms. The van der Waals surface area contributed by atoms with Gasteiger partial charge in [-0.25, -0.2) is 8.42 Å². The Balaban J connectivity index is 1.99. The zero-order valence-electron chi connectivity index (χ0n) is 12.6. The van der Waals surface area contributed by atoms with Crippen molar-refractivity contribution in [2.75, 3.05) is 6.26 Å². The Hall–Kier alpha value is -1.36. The molecule has 0 saturated heterocycles. The predicted octanol–water partition coefficient (Wildman–Crippen LogP) is 2.54. The lowest BCUT2D eigenvalue weighted by atomic mass is 9.86. The minimum absolute atomic E-state index is 0.00849. The highest BCUT2D eigenvalue weighted by Gasteiger charge is 2.23. The average molecular weight is 309 g/mol. The molecule has 0 unspecified atom stereocenters. The molecule has 2 rings (SSSR count). The van der Waals surface area contributed by atoms with Crippen LogP contribution in [0.1, 0.15) is 48.5 Å². The van der Waals surface area contributed by atoms with E-state index in [1.807, 2.05) is 0 Å². The first-order valence-corrected chi connectivity index (χ1v) is 9.49. The van der Waals surface area contributed by atoms with E-state index in [0.29, 0.717) is 17.0 Å². The van der Waals surface area contributed by atoms with Gasteiger partial charge in [0.15, 0.2) is 9.84 Å². The highest BCUT2D eigenvalue weighted by atomic mass is 32.2. The van der Waals surface area contributed by atoms with E-state index in [0.717, 1.165) is 12.8 Å². The Bertz CT molecular complexity index is 592. The summed E-state index contributed by atoms with van der Waals surface area (Å²) >= 11 is 0. The predicted molar refractivity (Wildman–Crippen MR) is 83.9 cm³/mol. The Morgan fingerprint density at radius 3 is 2.38 bits per heavy atom. The van der Waals surface area contributed by atoms with E-state index < -0.39 is 9.84 Å². The summed E-state index contributed by atoms with van der Waals surface area (Å²) < 4.78 is 22.5. The number of carbonyl (C=O) groups excluding carboxylic acids is 1. The first-order valence-electron chi connectivity index (χ1n) is 7.43. The highest BCUT2D eigenvalue weighted by Crippen LogP contribution is 2.24. The van der Waals surface area contributed by atoms with Crippen LogP contribution in [0.2, 0.25) is 0 Å². The van der Waals surface area contributed by atoms with Crippen LogP contribution in [0.3, 0.4) is 0 Å². The molecular formula is C16H23NO3S. The monoisotopic (exact) mass is 309 g/mol. The molecule has 116 valence electrons. The van der Waals surface area contributed by atoms with Crippen molar-refractivity contribution < 1.29 is 13.2 Å². The summed E-state index contributed by atoms with van der Waals surface area (Å²) in [5.74, 6) is 0.459. The van der Waals surface area contributed by atoms with Gasteiger partial charge in [0.05, 0.1) is 5.75 Å². The van der Waals surface area contributed by atoms with Gasteiger partial charge >= 0.3 is 0 Å². The fraction of sp³-hybridized carbons (Fsp3) is 0.562. The molecule has 1 aliphatic rings. The molecule has 0 aromatic heterocycles. The minimum Gasteiger partial charge on any atom is -0.349 e. The maximum absolute atomic E-state index is 12.2. The summed E-state index contributed by atoms with van der Waals surface area (Å²) in [7, 11) is -3.04. The van der Waals surface area contributed by atoms with Gasteiger partial charge in [0, 0.05) is 17.9 Å². The molecule has 0 radical (unpaired) electrons. The topological polar surface area (TPSA) is 63.2 Å². The lowest BCUT2D eigenvalue weighted by molar-refractivity contribution is 0.0910. The summed E-state index contributed by atoms with van der Waals surface area (Å²) in [5.41, 5.74) is 1.30. The first-order chi connectivity index (χ1) is 9.85. The largest absolute Gasteiger partial charge is 0.349 e. The second-order valence-electron chi connectivity index (χ2n) is 6.11. The molecule has 1 saturated carbocycles. The Kier molecular flexibility index (Phi) is 5.04. The number of rotatable bonds is 4. The number of benzene rings is 1. The molecule has 21 heavy (non-hydrogen) atoms. The van der Waals surface area contributed by atoms with E-state index >= 15 is 0 Å². The number of hydrogen-bond acceptors (Lipinski definition) is 3. The fourth-order valence-corrected chi connectivity index (χ4v) is 3.64. The number of carbonyl (C=O) groups is 1. The lowest BCUT2D eigenvalue weighted by Crippen LogP contribution is -2.41. The van der Waals surface area contributed by atoms with Gasteiger partial charge in [-0.3, -0.25) is 4.79 Å². The average Bonchev–Trinajstić information content (AvgIpc) is 2.40. The van der Waals surface area contributed by atoms with Gasteiger partial charge in [-0.05, 0) is 36.5 Å². The first kappa shape index (κ1) is 16.0. The molecular weight excluding hydrogens is 286 g/mol. The summed E-state index contributed by atoms with van der Waals surface area (Å²) in [6.45, 7) is 2.18. The van der Waals surface area contributed by atoms with Crippen molar-refractivity contribution in [3.05, 3.63) is 35.4 Å². The Labute approximate surface area is 126 Å². The van der Waals surface area contributed by atoms with Crippen molar-refractivity contribution in [1.82, 2.24) is 5.32 Å². The van der Waals surface area contributed by atoms with Crippen molar-refractivity contribution in [3.63, 3.8) is 0 Å². The molecule has 1 aromatic carbocycles. The van der Waals surface area contributed by atoms with Crippen molar-refractivity contribution >= 4 is 15.7 Å². The van der Waals surface area contributed by atoms with Crippen molar-refractivity contribution in [1.29, 1.82) is 0 Å². The van der Waals surface area contributed by atoms with E-state index in [-0.39, 0.29) is 17.7 Å². The molecule has 5 heteroatoms. The normalized spacial score (nSPS) is 22.8. The molecule has 1 aromatic rings. The van der Waals surface area contributed by atoms with Crippen LogP contribution in [-0.4, -0.2) is 26.6 Å². The van der Waals surface area contributed by atoms with Crippen LogP contribution in [0, 0.1) is 5.92 Å². The van der Waals surface area contributed by atoms with Gasteiger partial charge in [-0.2, -0.15) is 0 Å². The Morgan fingerprint density at radius 2 is 1.81 bits per heavy atom. The molecule has 1 amide bonds. The lowest BCUT2D eigenvalue weighted by Gasteiger charge is -2.29. The molecule has 1 aliphatic carbocycles. The SMILES string of the molecule is C[C@@H]1CCCC[C@@H]1NC(=O)c1ccc(CS(C)(=O)=O)cc1. The van der Waals surface area contributed by atoms with Gasteiger partial charge in [-0.15, -0.1) is 0 Å². The molecule has 1 fully saturated rings. The van der Waals surface area contributed by atoms with Crippen LogP contribution >= 0.6 is 0 Å². The number of hydrogen-bond donors (Lipinski definition) is 1. The molecule has 0 spiro atoms. The zero-order chi connectivity index (χ0) is 15.5. The number of sulfone groups is 1. The van der Waals surface area contributed by atoms with E-state index in [4.69, 9.17) is 0 Å². The van der Waals surface area contributed by atoms with E-state index in [2.05, 4.69) is 12.2 Å². The Morgan fingerprint density at radius 1 is 1.19 bits per heavy atom. The molecule has 1 N–H and O–H groups in total. The van der Waals surface area contributed by atoms with Gasteiger partial charge in [0.25, 0.3) is 5.91 Å². The zero-order valence-corrected chi connectivity index (χ0v) is 13.4. The third kappa shape index (κ3) is 4.84. The van der Waals surface area contributed by atoms with Crippen molar-refractivity contribution in [2.45, 2.75) is 44.4 Å². The van der Waals surface area contributed by atoms with Crippen LogP contribution in [0.15, 0.2) is 24.3 Å². The third-order valence-corrected chi connectivity index (χ3v) is 4.93. The summed E-state index contributed by atoms with van der Waals surface area (Å²) in [6.07, 6.45) is 5.83. The standard InChI is InChI=1S/C16H23NO3S/c1-12-5-3-4-6-15(12)17-16(18)14-9-7-13(8-10-14)11-21(2,19)20/h7-10,12,15H,3-6,11H2,1-2H3,(H,17,18)/t12-,15+/m1/s1. The highest BCUT2D eigenvalue weighted by molar-refractivity contribution is 7.89. The summed E-state index contributed by atoms with van der Waals surface area (Å²) in [5, 5.41) is 3.10. The maximum Gasteiger partial charge on any atom is 0.251 e. The second-order valence-corrected chi connectivity index (χ2v) is 8.25. The van der Waals surface area contributed by atoms with E-state index in [1.54, 1.807) is 24.3 Å². The van der Waals surface area contributed by atoms with Gasteiger partial charge in [-0.1, -0.05) is 31.9 Å². The van der Waals surface area contributed by atoms with Crippen LogP contribution in [-0.2, 0) is 15.6 Å². The molecule has 0 heterocycles. The van der Waals surface area contributed by atoms with Crippen LogP contribution in [0.5, 0.6) is 0 Å². The van der Waals surface area contributed by atoms with Crippen molar-refractivity contribution in [2.24, 2.45) is 5.92 Å². The molecule has 4 nitrogen and oxygen atoms in total. The minimum atomic E-state index is -3.04. The number of nitrogens with one attached hydrogen (secondary N) is 1. The summed E-state index contributed by atoms with van der Waals surface area (Å²) in [6, 6.07) is 7.06.